The smallest absolute Gasteiger partial charge is 0.137 e. The Bertz CT molecular complexity index is 694. The normalized spacial score (nSPS) is 11.0. The molecule has 3 aromatic heterocycles. The number of hydrogen-bond donors (Lipinski definition) is 0. The molecule has 3 nitrogen and oxygen atoms in total. The maximum absolute atomic E-state index is 6.06. The summed E-state index contributed by atoms with van der Waals surface area (Å²) in [6, 6.07) is 7.81. The second-order valence-electron chi connectivity index (χ2n) is 3.85. The third-order valence-corrected chi connectivity index (χ3v) is 3.48. The molecule has 0 fully saturated rings. The van der Waals surface area contributed by atoms with Crippen LogP contribution in [0.1, 0.15) is 5.69 Å². The van der Waals surface area contributed by atoms with Gasteiger partial charge < -0.3 is 4.40 Å². The molecule has 0 bridgehead atoms. The van der Waals surface area contributed by atoms with Gasteiger partial charge in [0.25, 0.3) is 0 Å². The average molecular weight is 323 g/mol. The lowest BCUT2D eigenvalue weighted by Gasteiger charge is -2.01. The van der Waals surface area contributed by atoms with Crippen LogP contribution in [0.4, 0.5) is 0 Å². The summed E-state index contributed by atoms with van der Waals surface area (Å²) in [6.45, 7) is 0. The van der Waals surface area contributed by atoms with Crippen LogP contribution in [0.25, 0.3) is 16.9 Å². The third-order valence-electron chi connectivity index (χ3n) is 2.76. The van der Waals surface area contributed by atoms with Crippen molar-refractivity contribution in [3.8, 4) is 11.3 Å². The molecule has 0 radical (unpaired) electrons. The van der Waals surface area contributed by atoms with Crippen LogP contribution in [0.2, 0.25) is 0 Å². The summed E-state index contributed by atoms with van der Waals surface area (Å²) in [6.07, 6.45) is 5.49. The Balaban J connectivity index is 2.30. The SMILES string of the molecule is ClCc1c(-c2ccncc2)nc2ccc(Br)cn12. The quantitative estimate of drug-likeness (QED) is 0.670. The molecule has 0 N–H and O–H groups in total. The summed E-state index contributed by atoms with van der Waals surface area (Å²) < 4.78 is 3.01. The maximum Gasteiger partial charge on any atom is 0.137 e. The molecule has 0 aliphatic heterocycles. The van der Waals surface area contributed by atoms with Gasteiger partial charge in [-0.3, -0.25) is 4.98 Å². The second-order valence-corrected chi connectivity index (χ2v) is 5.04. The average Bonchev–Trinajstić information content (AvgIpc) is 2.77. The minimum absolute atomic E-state index is 0.412. The molecule has 3 rings (SSSR count). The summed E-state index contributed by atoms with van der Waals surface area (Å²) >= 11 is 9.52. The molecule has 0 aliphatic rings. The van der Waals surface area contributed by atoms with Crippen molar-refractivity contribution in [2.75, 3.05) is 0 Å². The number of hydrogen-bond acceptors (Lipinski definition) is 2. The van der Waals surface area contributed by atoms with Crippen LogP contribution in [0, 0.1) is 0 Å². The van der Waals surface area contributed by atoms with E-state index in [4.69, 9.17) is 11.6 Å². The second kappa shape index (κ2) is 4.71. The maximum atomic E-state index is 6.06. The van der Waals surface area contributed by atoms with E-state index in [1.807, 2.05) is 34.9 Å². The highest BCUT2D eigenvalue weighted by atomic mass is 79.9. The van der Waals surface area contributed by atoms with E-state index in [-0.39, 0.29) is 0 Å². The van der Waals surface area contributed by atoms with Crippen molar-refractivity contribution < 1.29 is 0 Å². The predicted octanol–water partition coefficient (Wildman–Crippen LogP) is 3.90. The first kappa shape index (κ1) is 11.7. The minimum Gasteiger partial charge on any atom is -0.301 e. The number of fused-ring (bicyclic) bond motifs is 1. The number of nitrogens with zero attached hydrogens (tertiary/aromatic N) is 3. The highest BCUT2D eigenvalue weighted by Gasteiger charge is 2.12. The van der Waals surface area contributed by atoms with Crippen LogP contribution in [0.5, 0.6) is 0 Å². The minimum atomic E-state index is 0.412. The number of imidazole rings is 1. The standard InChI is InChI=1S/C13H9BrClN3/c14-10-1-2-12-17-13(9-3-5-16-6-4-9)11(7-15)18(12)8-10/h1-6,8H,7H2. The van der Waals surface area contributed by atoms with E-state index in [9.17, 15) is 0 Å². The van der Waals surface area contributed by atoms with E-state index in [1.165, 1.54) is 0 Å². The van der Waals surface area contributed by atoms with Crippen LogP contribution < -0.4 is 0 Å². The largest absolute Gasteiger partial charge is 0.301 e. The number of rotatable bonds is 2. The van der Waals surface area contributed by atoms with E-state index in [0.29, 0.717) is 5.88 Å². The fraction of sp³-hybridized carbons (Fsp3) is 0.0769. The van der Waals surface area contributed by atoms with Crippen LogP contribution >= 0.6 is 27.5 Å². The first-order chi connectivity index (χ1) is 8.79. The molecular weight excluding hydrogens is 314 g/mol. The first-order valence-electron chi connectivity index (χ1n) is 5.42. The Kier molecular flexibility index (Phi) is 3.06. The van der Waals surface area contributed by atoms with Gasteiger partial charge in [0.2, 0.25) is 0 Å². The summed E-state index contributed by atoms with van der Waals surface area (Å²) in [7, 11) is 0. The Hall–Kier alpha value is -1.39. The van der Waals surface area contributed by atoms with Crippen molar-refractivity contribution in [1.29, 1.82) is 0 Å². The lowest BCUT2D eigenvalue weighted by Crippen LogP contribution is -1.91. The summed E-state index contributed by atoms with van der Waals surface area (Å²) in [5, 5.41) is 0. The Labute approximate surface area is 118 Å². The van der Waals surface area contributed by atoms with E-state index >= 15 is 0 Å². The van der Waals surface area contributed by atoms with Gasteiger partial charge in [0, 0.05) is 28.6 Å². The number of halogens is 2. The Morgan fingerprint density at radius 1 is 1.17 bits per heavy atom. The van der Waals surface area contributed by atoms with Gasteiger partial charge >= 0.3 is 0 Å². The highest BCUT2D eigenvalue weighted by Crippen LogP contribution is 2.26. The van der Waals surface area contributed by atoms with Gasteiger partial charge in [-0.2, -0.15) is 0 Å². The molecule has 0 spiro atoms. The van der Waals surface area contributed by atoms with E-state index < -0.39 is 0 Å². The van der Waals surface area contributed by atoms with Gasteiger partial charge in [0.15, 0.2) is 0 Å². The Morgan fingerprint density at radius 3 is 2.67 bits per heavy atom. The topological polar surface area (TPSA) is 30.2 Å². The molecule has 0 amide bonds. The molecule has 0 aromatic carbocycles. The van der Waals surface area contributed by atoms with Gasteiger partial charge in [-0.1, -0.05) is 0 Å². The first-order valence-corrected chi connectivity index (χ1v) is 6.75. The molecular formula is C13H9BrClN3. The van der Waals surface area contributed by atoms with E-state index in [1.54, 1.807) is 12.4 Å². The summed E-state index contributed by atoms with van der Waals surface area (Å²) in [5.74, 6) is 0.412. The molecule has 0 unspecified atom stereocenters. The van der Waals surface area contributed by atoms with E-state index in [0.717, 1.165) is 27.1 Å². The predicted molar refractivity (Wildman–Crippen MR) is 75.7 cm³/mol. The molecule has 3 aromatic rings. The zero-order valence-corrected chi connectivity index (χ0v) is 11.7. The molecule has 5 heteroatoms. The fourth-order valence-electron chi connectivity index (χ4n) is 1.94. The van der Waals surface area contributed by atoms with Crippen molar-refractivity contribution >= 4 is 33.2 Å². The fourth-order valence-corrected chi connectivity index (χ4v) is 2.53. The zero-order chi connectivity index (χ0) is 12.5. The number of alkyl halides is 1. The van der Waals surface area contributed by atoms with Crippen molar-refractivity contribution in [2.45, 2.75) is 5.88 Å². The van der Waals surface area contributed by atoms with Crippen molar-refractivity contribution in [2.24, 2.45) is 0 Å². The molecule has 0 aliphatic carbocycles. The van der Waals surface area contributed by atoms with Gasteiger partial charge in [-0.25, -0.2) is 4.98 Å². The lowest BCUT2D eigenvalue weighted by molar-refractivity contribution is 1.08. The van der Waals surface area contributed by atoms with Gasteiger partial charge in [-0.15, -0.1) is 11.6 Å². The van der Waals surface area contributed by atoms with Gasteiger partial charge in [0.1, 0.15) is 5.65 Å². The molecule has 0 atom stereocenters. The molecule has 18 heavy (non-hydrogen) atoms. The lowest BCUT2D eigenvalue weighted by atomic mass is 10.2. The van der Waals surface area contributed by atoms with Crippen molar-refractivity contribution in [1.82, 2.24) is 14.4 Å². The highest BCUT2D eigenvalue weighted by molar-refractivity contribution is 9.10. The monoisotopic (exact) mass is 321 g/mol. The van der Waals surface area contributed by atoms with Crippen LogP contribution in [-0.2, 0) is 5.88 Å². The molecule has 90 valence electrons. The number of pyridine rings is 2. The Morgan fingerprint density at radius 2 is 1.94 bits per heavy atom. The van der Waals surface area contributed by atoms with Gasteiger partial charge in [0.05, 0.1) is 17.3 Å². The number of aromatic nitrogens is 3. The van der Waals surface area contributed by atoms with Crippen molar-refractivity contribution in [3.05, 3.63) is 53.0 Å². The summed E-state index contributed by atoms with van der Waals surface area (Å²) in [4.78, 5) is 8.64. The molecule has 0 saturated carbocycles. The van der Waals surface area contributed by atoms with Crippen LogP contribution in [0.3, 0.4) is 0 Å². The summed E-state index contributed by atoms with van der Waals surface area (Å²) in [5.41, 5.74) is 3.81. The van der Waals surface area contributed by atoms with Crippen LogP contribution in [0.15, 0.2) is 47.3 Å². The zero-order valence-electron chi connectivity index (χ0n) is 9.35. The van der Waals surface area contributed by atoms with E-state index in [2.05, 4.69) is 25.9 Å². The van der Waals surface area contributed by atoms with Gasteiger partial charge in [-0.05, 0) is 40.2 Å². The molecule has 0 saturated heterocycles. The third kappa shape index (κ3) is 1.91. The van der Waals surface area contributed by atoms with Crippen LogP contribution in [-0.4, -0.2) is 14.4 Å². The molecule has 3 heterocycles. The van der Waals surface area contributed by atoms with Crippen molar-refractivity contribution in [3.63, 3.8) is 0 Å².